The Morgan fingerprint density at radius 3 is 2.53 bits per heavy atom. The molecule has 0 atom stereocenters. The molecule has 34 heavy (non-hydrogen) atoms. The minimum absolute atomic E-state index is 0.199. The van der Waals surface area contributed by atoms with E-state index in [1.165, 1.54) is 11.6 Å². The van der Waals surface area contributed by atoms with E-state index in [0.29, 0.717) is 28.6 Å². The monoisotopic (exact) mass is 510 g/mol. The van der Waals surface area contributed by atoms with Gasteiger partial charge < -0.3 is 9.73 Å². The minimum atomic E-state index is -0.199. The van der Waals surface area contributed by atoms with Crippen molar-refractivity contribution >= 4 is 55.5 Å². The molecule has 0 saturated carbocycles. The summed E-state index contributed by atoms with van der Waals surface area (Å²) in [6.45, 7) is 4.32. The molecular weight excluding hydrogens is 488 g/mol. The zero-order chi connectivity index (χ0) is 23.7. The Bertz CT molecular complexity index is 1530. The first-order chi connectivity index (χ1) is 16.5. The Hall–Kier alpha value is -3.70. The second-order valence-corrected chi connectivity index (χ2v) is 9.34. The van der Waals surface area contributed by atoms with Gasteiger partial charge in [0.15, 0.2) is 5.58 Å². The smallest absolute Gasteiger partial charge is 0.248 e. The summed E-state index contributed by atoms with van der Waals surface area (Å²) in [5.74, 6) is 0.831. The third kappa shape index (κ3) is 4.52. The minimum Gasteiger partial charge on any atom is -0.436 e. The van der Waals surface area contributed by atoms with Crippen molar-refractivity contribution < 1.29 is 9.21 Å². The maximum absolute atomic E-state index is 12.5. The molecule has 1 amide bonds. The summed E-state index contributed by atoms with van der Waals surface area (Å²) in [6.07, 6.45) is 3.35. The van der Waals surface area contributed by atoms with Crippen LogP contribution < -0.4 is 5.32 Å². The van der Waals surface area contributed by atoms with Crippen molar-refractivity contribution in [3.05, 3.63) is 101 Å². The van der Waals surface area contributed by atoms with Crippen LogP contribution in [-0.4, -0.2) is 10.9 Å². The van der Waals surface area contributed by atoms with Gasteiger partial charge in [-0.25, -0.2) is 4.98 Å². The van der Waals surface area contributed by atoms with Crippen molar-refractivity contribution in [1.82, 2.24) is 4.98 Å². The van der Waals surface area contributed by atoms with Crippen molar-refractivity contribution in [3.63, 3.8) is 0 Å². The predicted octanol–water partition coefficient (Wildman–Crippen LogP) is 8.19. The van der Waals surface area contributed by atoms with E-state index in [1.807, 2.05) is 60.7 Å². The predicted molar refractivity (Wildman–Crippen MR) is 143 cm³/mol. The second-order valence-electron chi connectivity index (χ2n) is 8.49. The normalized spacial score (nSPS) is 11.6. The lowest BCUT2D eigenvalue weighted by atomic mass is 10.0. The van der Waals surface area contributed by atoms with Crippen molar-refractivity contribution in [2.45, 2.75) is 19.8 Å². The van der Waals surface area contributed by atoms with Gasteiger partial charge in [-0.3, -0.25) is 4.79 Å². The lowest BCUT2D eigenvalue weighted by Gasteiger charge is -2.04. The van der Waals surface area contributed by atoms with Gasteiger partial charge in [0.2, 0.25) is 11.8 Å². The van der Waals surface area contributed by atoms with Gasteiger partial charge in [-0.15, -0.1) is 0 Å². The summed E-state index contributed by atoms with van der Waals surface area (Å²) in [6, 6.07) is 25.8. The molecule has 0 saturated heterocycles. The maximum atomic E-state index is 12.5. The van der Waals surface area contributed by atoms with Crippen LogP contribution in [0, 0.1) is 0 Å². The van der Waals surface area contributed by atoms with Gasteiger partial charge in [-0.05, 0) is 64.2 Å². The summed E-state index contributed by atoms with van der Waals surface area (Å²) >= 11 is 3.61. The molecule has 5 rings (SSSR count). The number of fused-ring (bicyclic) bond motifs is 2. The van der Waals surface area contributed by atoms with E-state index in [2.05, 4.69) is 59.4 Å². The lowest BCUT2D eigenvalue weighted by Crippen LogP contribution is -2.07. The molecule has 4 nitrogen and oxygen atoms in total. The molecule has 1 N–H and O–H groups in total. The highest BCUT2D eigenvalue weighted by Gasteiger charge is 2.13. The fraction of sp³-hybridized carbons (Fsp3) is 0.103. The highest BCUT2D eigenvalue weighted by atomic mass is 79.9. The zero-order valence-corrected chi connectivity index (χ0v) is 20.5. The number of rotatable bonds is 5. The van der Waals surface area contributed by atoms with Crippen LogP contribution >= 0.6 is 15.9 Å². The quantitative estimate of drug-likeness (QED) is 0.242. The van der Waals surface area contributed by atoms with Crippen LogP contribution in [0.2, 0.25) is 0 Å². The summed E-state index contributed by atoms with van der Waals surface area (Å²) in [7, 11) is 0. The molecular formula is C29H23BrN2O2. The third-order valence-corrected chi connectivity index (χ3v) is 6.48. The number of oxazole rings is 1. The summed E-state index contributed by atoms with van der Waals surface area (Å²) in [4.78, 5) is 17.2. The second kappa shape index (κ2) is 9.27. The van der Waals surface area contributed by atoms with Gasteiger partial charge >= 0.3 is 0 Å². The van der Waals surface area contributed by atoms with E-state index in [9.17, 15) is 4.79 Å². The van der Waals surface area contributed by atoms with Crippen LogP contribution in [0.3, 0.4) is 0 Å². The SMILES string of the molecule is CC(C)c1ccc(/C=C/C(=O)Nc2ccc3oc(-c4cccc5c(Br)cccc45)nc3c2)cc1. The van der Waals surface area contributed by atoms with E-state index < -0.39 is 0 Å². The van der Waals surface area contributed by atoms with E-state index >= 15 is 0 Å². The van der Waals surface area contributed by atoms with Crippen LogP contribution in [0.4, 0.5) is 5.69 Å². The van der Waals surface area contributed by atoms with E-state index in [0.717, 1.165) is 26.4 Å². The van der Waals surface area contributed by atoms with Crippen LogP contribution in [0.15, 0.2) is 93.8 Å². The van der Waals surface area contributed by atoms with Crippen LogP contribution in [-0.2, 0) is 4.79 Å². The average Bonchev–Trinajstić information content (AvgIpc) is 3.26. The summed E-state index contributed by atoms with van der Waals surface area (Å²) in [5, 5.41) is 5.06. The number of hydrogen-bond donors (Lipinski definition) is 1. The first-order valence-electron chi connectivity index (χ1n) is 11.2. The van der Waals surface area contributed by atoms with Crippen LogP contribution in [0.5, 0.6) is 0 Å². The lowest BCUT2D eigenvalue weighted by molar-refractivity contribution is -0.111. The molecule has 0 fully saturated rings. The number of benzene rings is 4. The number of hydrogen-bond acceptors (Lipinski definition) is 3. The van der Waals surface area contributed by atoms with E-state index in [-0.39, 0.29) is 5.91 Å². The largest absolute Gasteiger partial charge is 0.436 e. The molecule has 0 aliphatic rings. The van der Waals surface area contributed by atoms with Gasteiger partial charge in [0.05, 0.1) is 0 Å². The number of nitrogens with zero attached hydrogens (tertiary/aromatic N) is 1. The molecule has 0 bridgehead atoms. The molecule has 1 heterocycles. The fourth-order valence-corrected chi connectivity index (χ4v) is 4.42. The Morgan fingerprint density at radius 1 is 0.971 bits per heavy atom. The number of amides is 1. The first-order valence-corrected chi connectivity index (χ1v) is 11.9. The maximum Gasteiger partial charge on any atom is 0.248 e. The first kappa shape index (κ1) is 22.1. The van der Waals surface area contributed by atoms with Crippen LogP contribution in [0.1, 0.15) is 30.9 Å². The van der Waals surface area contributed by atoms with Crippen molar-refractivity contribution in [3.8, 4) is 11.5 Å². The standard InChI is InChI=1S/C29H23BrN2O2/c1-18(2)20-12-9-19(10-13-20)11-16-28(33)31-21-14-15-27-26(17-21)32-29(34-27)24-7-3-6-23-22(24)5-4-8-25(23)30/h3-18H,1-2H3,(H,31,33)/b16-11+. The van der Waals surface area contributed by atoms with Crippen molar-refractivity contribution in [2.24, 2.45) is 0 Å². The molecule has 1 aromatic heterocycles. The van der Waals surface area contributed by atoms with Gasteiger partial charge in [-0.1, -0.05) is 78.3 Å². The third-order valence-electron chi connectivity index (χ3n) is 5.78. The zero-order valence-electron chi connectivity index (χ0n) is 18.9. The highest BCUT2D eigenvalue weighted by Crippen LogP contribution is 2.34. The Balaban J connectivity index is 1.36. The van der Waals surface area contributed by atoms with E-state index in [4.69, 9.17) is 9.40 Å². The molecule has 5 aromatic rings. The van der Waals surface area contributed by atoms with Gasteiger partial charge in [-0.2, -0.15) is 0 Å². The van der Waals surface area contributed by atoms with Crippen LogP contribution in [0.25, 0.3) is 39.4 Å². The number of nitrogens with one attached hydrogen (secondary N) is 1. The Labute approximate surface area is 206 Å². The fourth-order valence-electron chi connectivity index (χ4n) is 3.93. The topological polar surface area (TPSA) is 55.1 Å². The van der Waals surface area contributed by atoms with Crippen molar-refractivity contribution in [1.29, 1.82) is 0 Å². The molecule has 168 valence electrons. The molecule has 0 spiro atoms. The summed E-state index contributed by atoms with van der Waals surface area (Å²) in [5.41, 5.74) is 5.20. The molecule has 0 unspecified atom stereocenters. The van der Waals surface area contributed by atoms with Gasteiger partial charge in [0.25, 0.3) is 0 Å². The highest BCUT2D eigenvalue weighted by molar-refractivity contribution is 9.10. The number of carbonyl (C=O) groups is 1. The average molecular weight is 511 g/mol. The van der Waals surface area contributed by atoms with E-state index in [1.54, 1.807) is 0 Å². The summed E-state index contributed by atoms with van der Waals surface area (Å²) < 4.78 is 7.07. The number of halogens is 1. The van der Waals surface area contributed by atoms with Gasteiger partial charge in [0, 0.05) is 21.8 Å². The Kier molecular flexibility index (Phi) is 6.03. The Morgan fingerprint density at radius 2 is 1.74 bits per heavy atom. The van der Waals surface area contributed by atoms with Crippen molar-refractivity contribution in [2.75, 3.05) is 5.32 Å². The molecule has 0 radical (unpaired) electrons. The molecule has 0 aliphatic carbocycles. The molecule has 0 aliphatic heterocycles. The number of anilines is 1. The number of aromatic nitrogens is 1. The molecule has 4 aromatic carbocycles. The molecule has 5 heteroatoms. The number of carbonyl (C=O) groups excluding carboxylic acids is 1. The van der Waals surface area contributed by atoms with Gasteiger partial charge in [0.1, 0.15) is 5.52 Å².